The van der Waals surface area contributed by atoms with Crippen molar-refractivity contribution in [2.45, 2.75) is 6.54 Å². The van der Waals surface area contributed by atoms with E-state index in [1.165, 1.54) is 23.5 Å². The number of hydrogen-bond donors (Lipinski definition) is 2. The third-order valence-electron chi connectivity index (χ3n) is 2.31. The summed E-state index contributed by atoms with van der Waals surface area (Å²) in [6.45, 7) is 0.418. The molecule has 94 valence electrons. The molecule has 3 N–H and O–H groups in total. The summed E-state index contributed by atoms with van der Waals surface area (Å²) < 4.78 is 14.2. The van der Waals surface area contributed by atoms with E-state index in [0.717, 1.165) is 15.4 Å². The summed E-state index contributed by atoms with van der Waals surface area (Å²) in [6.07, 6.45) is 0. The molecular weight excluding hydrogens is 319 g/mol. The van der Waals surface area contributed by atoms with Gasteiger partial charge in [0.25, 0.3) is 5.91 Å². The number of hydrogen-bond acceptors (Lipinski definition) is 3. The number of thiophene rings is 1. The minimum atomic E-state index is -0.582. The average Bonchev–Trinajstić information content (AvgIpc) is 2.75. The van der Waals surface area contributed by atoms with Crippen LogP contribution in [0.1, 0.15) is 15.2 Å². The van der Waals surface area contributed by atoms with Crippen LogP contribution in [0.4, 0.5) is 10.1 Å². The molecule has 2 rings (SSSR count). The van der Waals surface area contributed by atoms with Gasteiger partial charge in [0.15, 0.2) is 0 Å². The van der Waals surface area contributed by atoms with Crippen LogP contribution in [0.15, 0.2) is 34.1 Å². The molecular formula is C12H10BrFN2OS. The van der Waals surface area contributed by atoms with Gasteiger partial charge >= 0.3 is 0 Å². The zero-order valence-corrected chi connectivity index (χ0v) is 11.6. The maximum absolute atomic E-state index is 13.2. The van der Waals surface area contributed by atoms with Crippen LogP contribution >= 0.6 is 27.3 Å². The fourth-order valence-electron chi connectivity index (χ4n) is 1.38. The first-order valence-electron chi connectivity index (χ1n) is 5.12. The minimum Gasteiger partial charge on any atom is -0.396 e. The Morgan fingerprint density at radius 1 is 1.44 bits per heavy atom. The molecule has 1 amide bonds. The van der Waals surface area contributed by atoms with Gasteiger partial charge in [0, 0.05) is 20.3 Å². The number of halogens is 2. The van der Waals surface area contributed by atoms with Crippen molar-refractivity contribution in [2.75, 3.05) is 5.73 Å². The SMILES string of the molecule is Nc1ccc(C(=O)NCc2cc(Br)cs2)cc1F. The molecule has 2 aromatic rings. The van der Waals surface area contributed by atoms with E-state index in [1.54, 1.807) is 0 Å². The van der Waals surface area contributed by atoms with Crippen molar-refractivity contribution >= 4 is 38.9 Å². The second kappa shape index (κ2) is 5.49. The lowest BCUT2D eigenvalue weighted by atomic mass is 10.2. The maximum atomic E-state index is 13.2. The molecule has 0 saturated carbocycles. The van der Waals surface area contributed by atoms with Gasteiger partial charge < -0.3 is 11.1 Å². The first kappa shape index (κ1) is 13.0. The Kier molecular flexibility index (Phi) is 3.98. The summed E-state index contributed by atoms with van der Waals surface area (Å²) in [5.41, 5.74) is 5.64. The second-order valence-electron chi connectivity index (χ2n) is 3.65. The molecule has 0 spiro atoms. The van der Waals surface area contributed by atoms with Crippen molar-refractivity contribution in [1.29, 1.82) is 0 Å². The number of nitrogens with two attached hydrogens (primary N) is 1. The number of rotatable bonds is 3. The summed E-state index contributed by atoms with van der Waals surface area (Å²) in [4.78, 5) is 12.8. The van der Waals surface area contributed by atoms with Crippen molar-refractivity contribution in [3.05, 3.63) is 50.4 Å². The lowest BCUT2D eigenvalue weighted by molar-refractivity contribution is 0.0951. The van der Waals surface area contributed by atoms with Crippen molar-refractivity contribution in [2.24, 2.45) is 0 Å². The first-order valence-corrected chi connectivity index (χ1v) is 6.79. The van der Waals surface area contributed by atoms with E-state index in [0.29, 0.717) is 6.54 Å². The Labute approximate surface area is 116 Å². The standard InChI is InChI=1S/C12H10BrFN2OS/c13-8-4-9(18-6-8)5-16-12(17)7-1-2-11(15)10(14)3-7/h1-4,6H,5,15H2,(H,16,17). The molecule has 1 heterocycles. The summed E-state index contributed by atoms with van der Waals surface area (Å²) in [5.74, 6) is -0.903. The zero-order valence-electron chi connectivity index (χ0n) is 9.24. The van der Waals surface area contributed by atoms with E-state index < -0.39 is 5.82 Å². The fraction of sp³-hybridized carbons (Fsp3) is 0.0833. The normalized spacial score (nSPS) is 10.3. The van der Waals surface area contributed by atoms with Crippen molar-refractivity contribution in [3.63, 3.8) is 0 Å². The molecule has 1 aromatic heterocycles. The predicted octanol–water partition coefficient (Wildman–Crippen LogP) is 3.16. The van der Waals surface area contributed by atoms with E-state index >= 15 is 0 Å². The van der Waals surface area contributed by atoms with Crippen molar-refractivity contribution < 1.29 is 9.18 Å². The van der Waals surface area contributed by atoms with Crippen molar-refractivity contribution in [3.8, 4) is 0 Å². The molecule has 0 radical (unpaired) electrons. The maximum Gasteiger partial charge on any atom is 0.251 e. The van der Waals surface area contributed by atoms with Gasteiger partial charge in [-0.1, -0.05) is 0 Å². The summed E-state index contributed by atoms with van der Waals surface area (Å²) >= 11 is 4.87. The number of benzene rings is 1. The Balaban J connectivity index is 2.01. The number of nitrogen functional groups attached to an aromatic ring is 1. The van der Waals surface area contributed by atoms with Crippen LogP contribution in [-0.4, -0.2) is 5.91 Å². The highest BCUT2D eigenvalue weighted by molar-refractivity contribution is 9.10. The van der Waals surface area contributed by atoms with Gasteiger partial charge in [0.2, 0.25) is 0 Å². The predicted molar refractivity (Wildman–Crippen MR) is 74.0 cm³/mol. The van der Waals surface area contributed by atoms with Gasteiger partial charge in [0.05, 0.1) is 12.2 Å². The molecule has 0 atom stereocenters. The number of carbonyl (C=O) groups is 1. The lowest BCUT2D eigenvalue weighted by Crippen LogP contribution is -2.22. The smallest absolute Gasteiger partial charge is 0.251 e. The molecule has 3 nitrogen and oxygen atoms in total. The number of carbonyl (C=O) groups excluding carboxylic acids is 1. The van der Waals surface area contributed by atoms with Crippen LogP contribution in [0.5, 0.6) is 0 Å². The molecule has 0 unspecified atom stereocenters. The van der Waals surface area contributed by atoms with E-state index in [1.807, 2.05) is 11.4 Å². The minimum absolute atomic E-state index is 0.0359. The van der Waals surface area contributed by atoms with Crippen LogP contribution in [0.2, 0.25) is 0 Å². The quantitative estimate of drug-likeness (QED) is 0.850. The van der Waals surface area contributed by atoms with Gasteiger partial charge in [0.1, 0.15) is 5.82 Å². The molecule has 0 aliphatic carbocycles. The second-order valence-corrected chi connectivity index (χ2v) is 5.56. The number of amides is 1. The van der Waals surface area contributed by atoms with Crippen LogP contribution in [0, 0.1) is 5.82 Å². The van der Waals surface area contributed by atoms with Gasteiger partial charge in [-0.15, -0.1) is 11.3 Å². The van der Waals surface area contributed by atoms with E-state index in [9.17, 15) is 9.18 Å². The zero-order chi connectivity index (χ0) is 13.1. The molecule has 18 heavy (non-hydrogen) atoms. The van der Waals surface area contributed by atoms with Gasteiger partial charge in [-0.05, 0) is 40.2 Å². The van der Waals surface area contributed by atoms with E-state index in [2.05, 4.69) is 21.2 Å². The Bertz CT molecular complexity index is 585. The fourth-order valence-corrected chi connectivity index (χ4v) is 2.78. The van der Waals surface area contributed by atoms with Crippen molar-refractivity contribution in [1.82, 2.24) is 5.32 Å². The number of nitrogens with one attached hydrogen (secondary N) is 1. The summed E-state index contributed by atoms with van der Waals surface area (Å²) in [7, 11) is 0. The molecule has 0 saturated heterocycles. The Morgan fingerprint density at radius 3 is 2.83 bits per heavy atom. The Hall–Kier alpha value is -1.40. The highest BCUT2D eigenvalue weighted by atomic mass is 79.9. The summed E-state index contributed by atoms with van der Waals surface area (Å²) in [6, 6.07) is 5.94. The third kappa shape index (κ3) is 3.08. The van der Waals surface area contributed by atoms with Crippen LogP contribution in [0.25, 0.3) is 0 Å². The topological polar surface area (TPSA) is 55.1 Å². The molecule has 0 fully saturated rings. The molecule has 0 aliphatic rings. The molecule has 1 aromatic carbocycles. The molecule has 0 aliphatic heterocycles. The van der Waals surface area contributed by atoms with Crippen LogP contribution in [0.3, 0.4) is 0 Å². The largest absolute Gasteiger partial charge is 0.396 e. The monoisotopic (exact) mass is 328 g/mol. The third-order valence-corrected chi connectivity index (χ3v) is 4.01. The lowest BCUT2D eigenvalue weighted by Gasteiger charge is -2.04. The average molecular weight is 329 g/mol. The Morgan fingerprint density at radius 2 is 2.22 bits per heavy atom. The highest BCUT2D eigenvalue weighted by Gasteiger charge is 2.08. The van der Waals surface area contributed by atoms with Gasteiger partial charge in [-0.2, -0.15) is 0 Å². The molecule has 6 heteroatoms. The number of anilines is 1. The highest BCUT2D eigenvalue weighted by Crippen LogP contribution is 2.19. The van der Waals surface area contributed by atoms with Gasteiger partial charge in [-0.3, -0.25) is 4.79 Å². The van der Waals surface area contributed by atoms with Crippen LogP contribution < -0.4 is 11.1 Å². The summed E-state index contributed by atoms with van der Waals surface area (Å²) in [5, 5.41) is 4.65. The van der Waals surface area contributed by atoms with Gasteiger partial charge in [-0.25, -0.2) is 4.39 Å². The van der Waals surface area contributed by atoms with Crippen LogP contribution in [-0.2, 0) is 6.54 Å². The van der Waals surface area contributed by atoms with E-state index in [4.69, 9.17) is 5.73 Å². The molecule has 0 bridgehead atoms. The van der Waals surface area contributed by atoms with E-state index in [-0.39, 0.29) is 17.2 Å². The first-order chi connectivity index (χ1) is 8.56.